The largest absolute Gasteiger partial charge is 0.373 e. The predicted octanol–water partition coefficient (Wildman–Crippen LogP) is 2.74. The summed E-state index contributed by atoms with van der Waals surface area (Å²) in [6.07, 6.45) is 4.17. The summed E-state index contributed by atoms with van der Waals surface area (Å²) in [5, 5.41) is 15.4. The Morgan fingerprint density at radius 1 is 1.19 bits per heavy atom. The van der Waals surface area contributed by atoms with Crippen molar-refractivity contribution in [2.45, 2.75) is 38.9 Å². The van der Waals surface area contributed by atoms with Gasteiger partial charge in [0.05, 0.1) is 22.8 Å². The van der Waals surface area contributed by atoms with Gasteiger partial charge in [-0.3, -0.25) is 19.8 Å². The molecule has 1 amide bonds. The summed E-state index contributed by atoms with van der Waals surface area (Å²) in [6.45, 7) is 8.69. The Balaban J connectivity index is 1.33. The van der Waals surface area contributed by atoms with Gasteiger partial charge in [0.2, 0.25) is 0 Å². The molecule has 9 nitrogen and oxygen atoms in total. The van der Waals surface area contributed by atoms with Crippen LogP contribution in [0.15, 0.2) is 36.5 Å². The fourth-order valence-corrected chi connectivity index (χ4v) is 4.61. The molecule has 0 spiro atoms. The van der Waals surface area contributed by atoms with Crippen molar-refractivity contribution in [3.8, 4) is 5.69 Å². The van der Waals surface area contributed by atoms with Crippen molar-refractivity contribution in [2.75, 3.05) is 32.7 Å². The molecule has 9 heteroatoms. The number of hydrogen-bond donors (Lipinski definition) is 0. The average molecular weight is 428 g/mol. The van der Waals surface area contributed by atoms with Gasteiger partial charge in [-0.2, -0.15) is 5.10 Å². The van der Waals surface area contributed by atoms with Crippen LogP contribution in [0.4, 0.5) is 5.69 Å². The second-order valence-electron chi connectivity index (χ2n) is 8.63. The third kappa shape index (κ3) is 5.11. The fraction of sp³-hybridized carbons (Fsp3) is 0.545. The highest BCUT2D eigenvalue weighted by atomic mass is 16.6. The molecular formula is C22H29N5O4. The zero-order chi connectivity index (χ0) is 22.0. The summed E-state index contributed by atoms with van der Waals surface area (Å²) in [5.74, 6) is 0.500. The number of non-ortho nitro benzene ring substituents is 1. The maximum atomic E-state index is 12.9. The zero-order valence-electron chi connectivity index (χ0n) is 18.0. The molecule has 0 saturated carbocycles. The van der Waals surface area contributed by atoms with Crippen molar-refractivity contribution in [3.63, 3.8) is 0 Å². The van der Waals surface area contributed by atoms with Gasteiger partial charge < -0.3 is 9.64 Å². The van der Waals surface area contributed by atoms with Gasteiger partial charge in [0.1, 0.15) is 0 Å². The van der Waals surface area contributed by atoms with E-state index in [1.165, 1.54) is 16.8 Å². The van der Waals surface area contributed by atoms with E-state index in [0.717, 1.165) is 45.6 Å². The van der Waals surface area contributed by atoms with Crippen LogP contribution < -0.4 is 0 Å². The number of piperidine rings is 1. The molecule has 166 valence electrons. The van der Waals surface area contributed by atoms with Crippen LogP contribution in [0.25, 0.3) is 5.69 Å². The summed E-state index contributed by atoms with van der Waals surface area (Å²) < 4.78 is 7.33. The van der Waals surface area contributed by atoms with E-state index in [2.05, 4.69) is 23.8 Å². The standard InChI is InChI=1S/C22H29N5O4/c1-16-13-24(14-17(2)31-16)15-18-6-9-25(10-7-18)22(28)21-8-11-26(23-21)19-4-3-5-20(12-19)27(29)30/h3-5,8,11-12,16-18H,6-7,9-10,13-15H2,1-2H3. The Labute approximate surface area is 181 Å². The number of carbonyl (C=O) groups excluding carboxylic acids is 1. The number of nitro benzene ring substituents is 1. The van der Waals surface area contributed by atoms with Gasteiger partial charge in [0, 0.05) is 51.1 Å². The lowest BCUT2D eigenvalue weighted by Crippen LogP contribution is -2.48. The fourth-order valence-electron chi connectivity index (χ4n) is 4.61. The molecule has 0 bridgehead atoms. The molecule has 2 unspecified atom stereocenters. The molecular weight excluding hydrogens is 398 g/mol. The number of carbonyl (C=O) groups is 1. The van der Waals surface area contributed by atoms with E-state index in [-0.39, 0.29) is 23.8 Å². The van der Waals surface area contributed by atoms with Crippen molar-refractivity contribution in [1.29, 1.82) is 0 Å². The summed E-state index contributed by atoms with van der Waals surface area (Å²) >= 11 is 0. The average Bonchev–Trinajstić information content (AvgIpc) is 3.23. The van der Waals surface area contributed by atoms with Crippen LogP contribution in [0.2, 0.25) is 0 Å². The Kier molecular flexibility index (Phi) is 6.33. The first kappa shape index (κ1) is 21.5. The van der Waals surface area contributed by atoms with Crippen LogP contribution in [-0.4, -0.2) is 75.3 Å². The van der Waals surface area contributed by atoms with E-state index in [1.807, 2.05) is 4.90 Å². The second-order valence-corrected chi connectivity index (χ2v) is 8.63. The number of amides is 1. The van der Waals surface area contributed by atoms with Crippen LogP contribution in [-0.2, 0) is 4.74 Å². The molecule has 3 heterocycles. The molecule has 2 fully saturated rings. The van der Waals surface area contributed by atoms with E-state index < -0.39 is 4.92 Å². The smallest absolute Gasteiger partial charge is 0.274 e. The van der Waals surface area contributed by atoms with Crippen molar-refractivity contribution in [3.05, 3.63) is 52.3 Å². The quantitative estimate of drug-likeness (QED) is 0.538. The SMILES string of the molecule is CC1CN(CC2CCN(C(=O)c3ccn(-c4cccc([N+](=O)[O-])c4)n3)CC2)CC(C)O1. The normalized spacial score (nSPS) is 23.1. The number of nitrogens with zero attached hydrogens (tertiary/aromatic N) is 5. The van der Waals surface area contributed by atoms with Crippen LogP contribution in [0, 0.1) is 16.0 Å². The molecule has 4 rings (SSSR count). The lowest BCUT2D eigenvalue weighted by molar-refractivity contribution is -0.384. The van der Waals surface area contributed by atoms with Gasteiger partial charge in [-0.1, -0.05) is 6.07 Å². The lowest BCUT2D eigenvalue weighted by Gasteiger charge is -2.39. The summed E-state index contributed by atoms with van der Waals surface area (Å²) in [4.78, 5) is 27.8. The topological polar surface area (TPSA) is 93.7 Å². The first-order chi connectivity index (χ1) is 14.9. The van der Waals surface area contributed by atoms with E-state index in [9.17, 15) is 14.9 Å². The number of aromatic nitrogens is 2. The van der Waals surface area contributed by atoms with Crippen molar-refractivity contribution in [1.82, 2.24) is 19.6 Å². The molecule has 1 aromatic carbocycles. The van der Waals surface area contributed by atoms with Gasteiger partial charge in [0.25, 0.3) is 11.6 Å². The lowest BCUT2D eigenvalue weighted by atomic mass is 9.95. The van der Waals surface area contributed by atoms with Crippen molar-refractivity contribution >= 4 is 11.6 Å². The highest BCUT2D eigenvalue weighted by Crippen LogP contribution is 2.22. The minimum atomic E-state index is -0.443. The number of rotatable bonds is 5. The molecule has 2 aromatic rings. The first-order valence-electron chi connectivity index (χ1n) is 10.9. The van der Waals surface area contributed by atoms with Crippen LogP contribution in [0.3, 0.4) is 0 Å². The number of ether oxygens (including phenoxy) is 1. The molecule has 2 aliphatic heterocycles. The molecule has 0 radical (unpaired) electrons. The predicted molar refractivity (Wildman–Crippen MR) is 115 cm³/mol. The molecule has 1 aromatic heterocycles. The van der Waals surface area contributed by atoms with Gasteiger partial charge in [-0.05, 0) is 44.7 Å². The van der Waals surface area contributed by atoms with Crippen molar-refractivity contribution in [2.24, 2.45) is 5.92 Å². The first-order valence-corrected chi connectivity index (χ1v) is 10.9. The summed E-state index contributed by atoms with van der Waals surface area (Å²) in [5.41, 5.74) is 0.911. The van der Waals surface area contributed by atoms with E-state index in [0.29, 0.717) is 17.3 Å². The molecule has 2 aliphatic rings. The van der Waals surface area contributed by atoms with Crippen molar-refractivity contribution < 1.29 is 14.5 Å². The second kappa shape index (κ2) is 9.15. The Hall–Kier alpha value is -2.78. The minimum absolute atomic E-state index is 0.00740. The summed E-state index contributed by atoms with van der Waals surface area (Å²) in [7, 11) is 0. The maximum absolute atomic E-state index is 12.9. The molecule has 0 aliphatic carbocycles. The van der Waals surface area contributed by atoms with Gasteiger partial charge in [0.15, 0.2) is 5.69 Å². The third-order valence-electron chi connectivity index (χ3n) is 6.03. The van der Waals surface area contributed by atoms with Gasteiger partial charge in [-0.25, -0.2) is 4.68 Å². The Morgan fingerprint density at radius 2 is 1.90 bits per heavy atom. The number of benzene rings is 1. The van der Waals surface area contributed by atoms with Crippen LogP contribution in [0.1, 0.15) is 37.2 Å². The maximum Gasteiger partial charge on any atom is 0.274 e. The van der Waals surface area contributed by atoms with E-state index in [1.54, 1.807) is 24.4 Å². The number of likely N-dealkylation sites (tertiary alicyclic amines) is 1. The van der Waals surface area contributed by atoms with Crippen LogP contribution >= 0.6 is 0 Å². The molecule has 2 saturated heterocycles. The van der Waals surface area contributed by atoms with Crippen LogP contribution in [0.5, 0.6) is 0 Å². The molecule has 0 N–H and O–H groups in total. The Bertz CT molecular complexity index is 927. The van der Waals surface area contributed by atoms with Gasteiger partial charge >= 0.3 is 0 Å². The third-order valence-corrected chi connectivity index (χ3v) is 6.03. The number of morpholine rings is 1. The summed E-state index contributed by atoms with van der Waals surface area (Å²) in [6, 6.07) is 7.88. The highest BCUT2D eigenvalue weighted by molar-refractivity contribution is 5.92. The van der Waals surface area contributed by atoms with E-state index in [4.69, 9.17) is 4.74 Å². The molecule has 31 heavy (non-hydrogen) atoms. The Morgan fingerprint density at radius 3 is 2.58 bits per heavy atom. The number of hydrogen-bond acceptors (Lipinski definition) is 6. The highest BCUT2D eigenvalue weighted by Gasteiger charge is 2.29. The monoisotopic (exact) mass is 427 g/mol. The van der Waals surface area contributed by atoms with Gasteiger partial charge in [-0.15, -0.1) is 0 Å². The van der Waals surface area contributed by atoms with E-state index >= 15 is 0 Å². The zero-order valence-corrected chi connectivity index (χ0v) is 18.0. The molecule has 2 atom stereocenters. The number of nitro groups is 1. The minimum Gasteiger partial charge on any atom is -0.373 e.